The minimum Gasteiger partial charge on any atom is -0.385 e. The average Bonchev–Trinajstić information content (AvgIpc) is 3.02. The van der Waals surface area contributed by atoms with Gasteiger partial charge in [-0.2, -0.15) is 0 Å². The highest BCUT2D eigenvalue weighted by atomic mass is 32.1. The van der Waals surface area contributed by atoms with E-state index in [2.05, 4.69) is 17.5 Å². The Kier molecular flexibility index (Phi) is 5.11. The Labute approximate surface area is 135 Å². The Hall–Kier alpha value is -1.39. The Bertz CT molecular complexity index is 637. The molecule has 2 aromatic rings. The number of thiophene rings is 1. The Morgan fingerprint density at radius 3 is 3.18 bits per heavy atom. The maximum atomic E-state index is 12.7. The van der Waals surface area contributed by atoms with Gasteiger partial charge in [-0.05, 0) is 66.6 Å². The number of carbonyl (C=O) groups excluding carboxylic acids is 1. The van der Waals surface area contributed by atoms with Gasteiger partial charge in [0.05, 0.1) is 0 Å². The minimum absolute atomic E-state index is 0.185. The third-order valence-corrected chi connectivity index (χ3v) is 5.36. The molecule has 4 heteroatoms. The lowest BCUT2D eigenvalue weighted by atomic mass is 9.93. The highest BCUT2D eigenvalue weighted by Crippen LogP contribution is 2.25. The number of rotatable bonds is 5. The van der Waals surface area contributed by atoms with Crippen LogP contribution >= 0.6 is 11.3 Å². The first-order valence-corrected chi connectivity index (χ1v) is 8.91. The van der Waals surface area contributed by atoms with Crippen LogP contribution in [0.1, 0.15) is 36.0 Å². The fourth-order valence-corrected chi connectivity index (χ4v) is 4.05. The summed E-state index contributed by atoms with van der Waals surface area (Å²) in [7, 11) is 1.75. The standard InChI is InChI=1S/C18H23NO2S/c1-21-10-3-5-14-4-2-9-19(13-14)18(20)16-6-7-17-15(12-16)8-11-22-17/h6-8,11-12,14H,2-5,9-10,13H2,1H3. The zero-order chi connectivity index (χ0) is 15.4. The van der Waals surface area contributed by atoms with Crippen LogP contribution in [0.4, 0.5) is 0 Å². The van der Waals surface area contributed by atoms with Crippen LogP contribution in [0, 0.1) is 5.92 Å². The van der Waals surface area contributed by atoms with Crippen LogP contribution in [0.5, 0.6) is 0 Å². The molecule has 3 rings (SSSR count). The predicted octanol–water partition coefficient (Wildman–Crippen LogP) is 4.18. The van der Waals surface area contributed by atoms with Gasteiger partial charge in [0.15, 0.2) is 0 Å². The third-order valence-electron chi connectivity index (χ3n) is 4.47. The van der Waals surface area contributed by atoms with Gasteiger partial charge in [-0.3, -0.25) is 4.79 Å². The molecule has 1 aliphatic heterocycles. The summed E-state index contributed by atoms with van der Waals surface area (Å²) in [5, 5.41) is 3.25. The second kappa shape index (κ2) is 7.25. The molecule has 1 aliphatic rings. The van der Waals surface area contributed by atoms with Crippen molar-refractivity contribution >= 4 is 27.3 Å². The second-order valence-electron chi connectivity index (χ2n) is 6.07. The normalized spacial score (nSPS) is 18.8. The van der Waals surface area contributed by atoms with Crippen LogP contribution < -0.4 is 0 Å². The largest absolute Gasteiger partial charge is 0.385 e. The summed E-state index contributed by atoms with van der Waals surface area (Å²) in [6.45, 7) is 2.60. The first-order valence-electron chi connectivity index (χ1n) is 8.03. The third kappa shape index (κ3) is 3.50. The van der Waals surface area contributed by atoms with Crippen LogP contribution in [0.15, 0.2) is 29.6 Å². The summed E-state index contributed by atoms with van der Waals surface area (Å²) in [5.74, 6) is 0.808. The highest BCUT2D eigenvalue weighted by Gasteiger charge is 2.24. The van der Waals surface area contributed by atoms with Crippen molar-refractivity contribution in [1.29, 1.82) is 0 Å². The summed E-state index contributed by atoms with van der Waals surface area (Å²) in [4.78, 5) is 14.8. The maximum absolute atomic E-state index is 12.7. The van der Waals surface area contributed by atoms with Gasteiger partial charge in [0, 0.05) is 37.1 Å². The molecule has 0 aliphatic carbocycles. The van der Waals surface area contributed by atoms with Crippen molar-refractivity contribution in [2.45, 2.75) is 25.7 Å². The van der Waals surface area contributed by atoms with E-state index < -0.39 is 0 Å². The first kappa shape index (κ1) is 15.5. The van der Waals surface area contributed by atoms with Crippen molar-refractivity contribution < 1.29 is 9.53 Å². The zero-order valence-corrected chi connectivity index (χ0v) is 13.9. The molecule has 3 nitrogen and oxygen atoms in total. The summed E-state index contributed by atoms with van der Waals surface area (Å²) in [5.41, 5.74) is 0.823. The molecule has 1 fully saturated rings. The van der Waals surface area contributed by atoms with Crippen molar-refractivity contribution in [1.82, 2.24) is 4.90 Å². The monoisotopic (exact) mass is 317 g/mol. The summed E-state index contributed by atoms with van der Waals surface area (Å²) in [6, 6.07) is 8.15. The van der Waals surface area contributed by atoms with Crippen molar-refractivity contribution in [3.05, 3.63) is 35.2 Å². The van der Waals surface area contributed by atoms with E-state index in [1.165, 1.54) is 16.5 Å². The molecule has 1 aromatic heterocycles. The number of hydrogen-bond acceptors (Lipinski definition) is 3. The maximum Gasteiger partial charge on any atom is 0.253 e. The second-order valence-corrected chi connectivity index (χ2v) is 7.02. The lowest BCUT2D eigenvalue weighted by molar-refractivity contribution is 0.0660. The van der Waals surface area contributed by atoms with Crippen LogP contribution in [0.25, 0.3) is 10.1 Å². The molecule has 118 valence electrons. The quantitative estimate of drug-likeness (QED) is 0.774. The summed E-state index contributed by atoms with van der Waals surface area (Å²) in [6.07, 6.45) is 4.59. The molecule has 0 saturated carbocycles. The van der Waals surface area contributed by atoms with Gasteiger partial charge in [-0.1, -0.05) is 0 Å². The first-order chi connectivity index (χ1) is 10.8. The molecular weight excluding hydrogens is 294 g/mol. The van der Waals surface area contributed by atoms with Gasteiger partial charge in [-0.25, -0.2) is 0 Å². The van der Waals surface area contributed by atoms with Gasteiger partial charge in [0.25, 0.3) is 5.91 Å². The fraction of sp³-hybridized carbons (Fsp3) is 0.500. The Morgan fingerprint density at radius 2 is 2.32 bits per heavy atom. The number of piperidine rings is 1. The van der Waals surface area contributed by atoms with Gasteiger partial charge < -0.3 is 9.64 Å². The van der Waals surface area contributed by atoms with E-state index in [1.54, 1.807) is 18.4 Å². The number of benzene rings is 1. The lowest BCUT2D eigenvalue weighted by Gasteiger charge is -2.33. The number of nitrogens with zero attached hydrogens (tertiary/aromatic N) is 1. The van der Waals surface area contributed by atoms with E-state index >= 15 is 0 Å². The SMILES string of the molecule is COCCCC1CCCN(C(=O)c2ccc3sccc3c2)C1. The smallest absolute Gasteiger partial charge is 0.253 e. The van der Waals surface area contributed by atoms with E-state index in [-0.39, 0.29) is 5.91 Å². The van der Waals surface area contributed by atoms with Crippen molar-refractivity contribution in [3.8, 4) is 0 Å². The summed E-state index contributed by atoms with van der Waals surface area (Å²) >= 11 is 1.72. The van der Waals surface area contributed by atoms with Crippen LogP contribution in [-0.4, -0.2) is 37.6 Å². The number of likely N-dealkylation sites (tertiary alicyclic amines) is 1. The lowest BCUT2D eigenvalue weighted by Crippen LogP contribution is -2.40. The van der Waals surface area contributed by atoms with Crippen molar-refractivity contribution in [2.24, 2.45) is 5.92 Å². The molecule has 0 spiro atoms. The minimum atomic E-state index is 0.185. The molecule has 2 heterocycles. The van der Waals surface area contributed by atoms with E-state index in [9.17, 15) is 4.79 Å². The molecule has 1 aromatic carbocycles. The van der Waals surface area contributed by atoms with E-state index in [1.807, 2.05) is 17.0 Å². The van der Waals surface area contributed by atoms with Gasteiger partial charge in [-0.15, -0.1) is 11.3 Å². The molecular formula is C18H23NO2S. The van der Waals surface area contributed by atoms with Crippen molar-refractivity contribution in [3.63, 3.8) is 0 Å². The molecule has 1 saturated heterocycles. The number of ether oxygens (including phenoxy) is 1. The Morgan fingerprint density at radius 1 is 1.41 bits per heavy atom. The molecule has 0 bridgehead atoms. The number of hydrogen-bond donors (Lipinski definition) is 0. The van der Waals surface area contributed by atoms with Crippen LogP contribution in [0.2, 0.25) is 0 Å². The van der Waals surface area contributed by atoms with Gasteiger partial charge in [0.1, 0.15) is 0 Å². The topological polar surface area (TPSA) is 29.5 Å². The molecule has 22 heavy (non-hydrogen) atoms. The molecule has 1 amide bonds. The average molecular weight is 317 g/mol. The summed E-state index contributed by atoms with van der Waals surface area (Å²) < 4.78 is 6.37. The predicted molar refractivity (Wildman–Crippen MR) is 91.6 cm³/mol. The number of methoxy groups -OCH3 is 1. The molecule has 1 unspecified atom stereocenters. The zero-order valence-electron chi connectivity index (χ0n) is 13.1. The van der Waals surface area contributed by atoms with E-state index in [4.69, 9.17) is 4.74 Å². The number of fused-ring (bicyclic) bond motifs is 1. The molecule has 1 atom stereocenters. The fourth-order valence-electron chi connectivity index (χ4n) is 3.28. The highest BCUT2D eigenvalue weighted by molar-refractivity contribution is 7.17. The van der Waals surface area contributed by atoms with Gasteiger partial charge in [0.2, 0.25) is 0 Å². The molecule has 0 radical (unpaired) electrons. The Balaban J connectivity index is 1.65. The number of amides is 1. The van der Waals surface area contributed by atoms with Gasteiger partial charge >= 0.3 is 0 Å². The number of carbonyl (C=O) groups is 1. The molecule has 0 N–H and O–H groups in total. The van der Waals surface area contributed by atoms with Crippen molar-refractivity contribution in [2.75, 3.05) is 26.8 Å². The van der Waals surface area contributed by atoms with Crippen LogP contribution in [-0.2, 0) is 4.74 Å². The van der Waals surface area contributed by atoms with E-state index in [0.717, 1.165) is 44.5 Å². The van der Waals surface area contributed by atoms with E-state index in [0.29, 0.717) is 5.92 Å². The van der Waals surface area contributed by atoms with Crippen LogP contribution in [0.3, 0.4) is 0 Å².